The summed E-state index contributed by atoms with van der Waals surface area (Å²) in [6.07, 6.45) is 0.586. The first-order valence-corrected chi connectivity index (χ1v) is 5.89. The molecule has 1 aromatic carbocycles. The number of rotatable bonds is 2. The molecule has 0 fully saturated rings. The smallest absolute Gasteiger partial charge is 0.327 e. The van der Waals surface area contributed by atoms with E-state index in [4.69, 9.17) is 0 Å². The van der Waals surface area contributed by atoms with Crippen molar-refractivity contribution in [1.82, 2.24) is 19.9 Å². The Kier molecular flexibility index (Phi) is 2.56. The molecule has 96 valence electrons. The minimum absolute atomic E-state index is 0.289. The molecule has 2 aromatic heterocycles. The molecule has 0 unspecified atom stereocenters. The minimum Gasteiger partial charge on any atom is -0.336 e. The van der Waals surface area contributed by atoms with Gasteiger partial charge in [-0.15, -0.1) is 0 Å². The van der Waals surface area contributed by atoms with Crippen LogP contribution in [0.15, 0.2) is 33.9 Å². The van der Waals surface area contributed by atoms with Crippen LogP contribution < -0.4 is 11.2 Å². The normalized spacial score (nSPS) is 11.0. The van der Waals surface area contributed by atoms with Crippen molar-refractivity contribution >= 4 is 11.2 Å². The SMILES string of the molecule is Cc1ccccc1Cc1nc2[nH]c(=O)[nH]c(=O)c2[nH]1. The van der Waals surface area contributed by atoms with Gasteiger partial charge in [0.1, 0.15) is 11.3 Å². The van der Waals surface area contributed by atoms with E-state index in [1.165, 1.54) is 0 Å². The van der Waals surface area contributed by atoms with E-state index in [-0.39, 0.29) is 5.65 Å². The van der Waals surface area contributed by atoms with Crippen molar-refractivity contribution in [2.24, 2.45) is 0 Å². The molecule has 19 heavy (non-hydrogen) atoms. The number of aromatic amines is 3. The summed E-state index contributed by atoms with van der Waals surface area (Å²) in [6, 6.07) is 7.96. The summed E-state index contributed by atoms with van der Waals surface area (Å²) in [5, 5.41) is 0. The van der Waals surface area contributed by atoms with E-state index >= 15 is 0 Å². The van der Waals surface area contributed by atoms with E-state index < -0.39 is 11.2 Å². The molecule has 0 saturated heterocycles. The predicted molar refractivity (Wildman–Crippen MR) is 71.3 cm³/mol. The molecule has 6 nitrogen and oxygen atoms in total. The van der Waals surface area contributed by atoms with Gasteiger partial charge in [0.25, 0.3) is 5.56 Å². The van der Waals surface area contributed by atoms with Gasteiger partial charge in [-0.1, -0.05) is 24.3 Å². The van der Waals surface area contributed by atoms with Crippen molar-refractivity contribution in [3.63, 3.8) is 0 Å². The second-order valence-corrected chi connectivity index (χ2v) is 4.42. The Morgan fingerprint density at radius 3 is 2.68 bits per heavy atom. The lowest BCUT2D eigenvalue weighted by Crippen LogP contribution is -2.21. The topological polar surface area (TPSA) is 94.4 Å². The molecule has 0 aliphatic rings. The van der Waals surface area contributed by atoms with Crippen molar-refractivity contribution in [3.8, 4) is 0 Å². The van der Waals surface area contributed by atoms with Crippen LogP contribution in [0.3, 0.4) is 0 Å². The van der Waals surface area contributed by atoms with Crippen LogP contribution in [0.4, 0.5) is 0 Å². The standard InChI is InChI=1S/C13H12N4O2/c1-7-4-2-3-5-8(7)6-9-14-10-11(15-9)16-13(19)17-12(10)18/h2-5H,6H2,1H3,(H3,14,15,16,17,18,19). The highest BCUT2D eigenvalue weighted by molar-refractivity contribution is 5.68. The van der Waals surface area contributed by atoms with Crippen LogP contribution in [0.5, 0.6) is 0 Å². The Bertz CT molecular complexity index is 857. The van der Waals surface area contributed by atoms with Crippen LogP contribution in [0.1, 0.15) is 17.0 Å². The summed E-state index contributed by atoms with van der Waals surface area (Å²) < 4.78 is 0. The fraction of sp³-hybridized carbons (Fsp3) is 0.154. The summed E-state index contributed by atoms with van der Waals surface area (Å²) in [5.41, 5.74) is 1.86. The fourth-order valence-electron chi connectivity index (χ4n) is 2.05. The molecule has 0 saturated carbocycles. The zero-order chi connectivity index (χ0) is 13.4. The van der Waals surface area contributed by atoms with E-state index in [2.05, 4.69) is 19.9 Å². The number of nitrogens with one attached hydrogen (secondary N) is 3. The Labute approximate surface area is 107 Å². The van der Waals surface area contributed by atoms with E-state index in [9.17, 15) is 9.59 Å². The Balaban J connectivity index is 2.08. The first-order chi connectivity index (χ1) is 9.13. The van der Waals surface area contributed by atoms with Gasteiger partial charge in [0.15, 0.2) is 5.65 Å². The van der Waals surface area contributed by atoms with E-state index in [0.717, 1.165) is 11.1 Å². The van der Waals surface area contributed by atoms with Gasteiger partial charge >= 0.3 is 5.69 Å². The Morgan fingerprint density at radius 1 is 1.11 bits per heavy atom. The molecule has 0 atom stereocenters. The average molecular weight is 256 g/mol. The van der Waals surface area contributed by atoms with Crippen LogP contribution in [-0.4, -0.2) is 19.9 Å². The van der Waals surface area contributed by atoms with Gasteiger partial charge in [-0.2, -0.15) is 0 Å². The van der Waals surface area contributed by atoms with Crippen molar-refractivity contribution in [2.75, 3.05) is 0 Å². The quantitative estimate of drug-likeness (QED) is 0.634. The number of fused-ring (bicyclic) bond motifs is 1. The number of H-pyrrole nitrogens is 3. The monoisotopic (exact) mass is 256 g/mol. The van der Waals surface area contributed by atoms with Gasteiger partial charge in [-0.05, 0) is 18.1 Å². The summed E-state index contributed by atoms with van der Waals surface area (Å²) in [7, 11) is 0. The Hall–Kier alpha value is -2.63. The maximum absolute atomic E-state index is 11.6. The van der Waals surface area contributed by atoms with Crippen molar-refractivity contribution in [1.29, 1.82) is 0 Å². The number of benzene rings is 1. The third kappa shape index (κ3) is 2.08. The highest BCUT2D eigenvalue weighted by Crippen LogP contribution is 2.12. The molecule has 0 aliphatic heterocycles. The largest absolute Gasteiger partial charge is 0.336 e. The lowest BCUT2D eigenvalue weighted by atomic mass is 10.1. The van der Waals surface area contributed by atoms with Crippen LogP contribution >= 0.6 is 0 Å². The first kappa shape index (κ1) is 11.5. The average Bonchev–Trinajstić information content (AvgIpc) is 2.75. The van der Waals surface area contributed by atoms with Crippen LogP contribution in [0.25, 0.3) is 11.2 Å². The lowest BCUT2D eigenvalue weighted by molar-refractivity contribution is 1.02. The van der Waals surface area contributed by atoms with Crippen molar-refractivity contribution in [2.45, 2.75) is 13.3 Å². The first-order valence-electron chi connectivity index (χ1n) is 5.89. The maximum Gasteiger partial charge on any atom is 0.327 e. The molecule has 3 N–H and O–H groups in total. The third-order valence-electron chi connectivity index (χ3n) is 3.06. The molecule has 0 radical (unpaired) electrons. The summed E-state index contributed by atoms with van der Waals surface area (Å²) in [4.78, 5) is 34.6. The highest BCUT2D eigenvalue weighted by Gasteiger charge is 2.08. The number of imidazole rings is 1. The number of hydrogen-bond acceptors (Lipinski definition) is 3. The second kappa shape index (κ2) is 4.24. The molecule has 3 aromatic rings. The van der Waals surface area contributed by atoms with Crippen LogP contribution in [0.2, 0.25) is 0 Å². The molecule has 0 amide bonds. The minimum atomic E-state index is -0.550. The van der Waals surface area contributed by atoms with Gasteiger partial charge in [0.05, 0.1) is 0 Å². The van der Waals surface area contributed by atoms with Gasteiger partial charge < -0.3 is 4.98 Å². The molecular formula is C13H12N4O2. The Morgan fingerprint density at radius 2 is 1.89 bits per heavy atom. The van der Waals surface area contributed by atoms with Gasteiger partial charge in [-0.25, -0.2) is 9.78 Å². The summed E-state index contributed by atoms with van der Waals surface area (Å²) in [5.74, 6) is 0.650. The van der Waals surface area contributed by atoms with Crippen LogP contribution in [0, 0.1) is 6.92 Å². The number of hydrogen-bond donors (Lipinski definition) is 3. The zero-order valence-electron chi connectivity index (χ0n) is 10.3. The molecule has 6 heteroatoms. The van der Waals surface area contributed by atoms with Crippen molar-refractivity contribution in [3.05, 3.63) is 62.1 Å². The van der Waals surface area contributed by atoms with E-state index in [0.29, 0.717) is 17.8 Å². The maximum atomic E-state index is 11.6. The van der Waals surface area contributed by atoms with E-state index in [1.807, 2.05) is 31.2 Å². The molecule has 0 aliphatic carbocycles. The molecular weight excluding hydrogens is 244 g/mol. The van der Waals surface area contributed by atoms with Crippen LogP contribution in [-0.2, 0) is 6.42 Å². The number of nitrogens with zero attached hydrogens (tertiary/aromatic N) is 1. The fourth-order valence-corrected chi connectivity index (χ4v) is 2.05. The molecule has 0 bridgehead atoms. The van der Waals surface area contributed by atoms with Gasteiger partial charge in [0.2, 0.25) is 0 Å². The lowest BCUT2D eigenvalue weighted by Gasteiger charge is -2.01. The van der Waals surface area contributed by atoms with Crippen molar-refractivity contribution < 1.29 is 0 Å². The molecule has 3 rings (SSSR count). The third-order valence-corrected chi connectivity index (χ3v) is 3.06. The summed E-state index contributed by atoms with van der Waals surface area (Å²) in [6.45, 7) is 2.02. The number of aromatic nitrogens is 4. The number of aryl methyl sites for hydroxylation is 1. The second-order valence-electron chi connectivity index (χ2n) is 4.42. The van der Waals surface area contributed by atoms with Gasteiger partial charge in [-0.3, -0.25) is 14.8 Å². The summed E-state index contributed by atoms with van der Waals surface area (Å²) >= 11 is 0. The van der Waals surface area contributed by atoms with E-state index in [1.54, 1.807) is 0 Å². The predicted octanol–water partition coefficient (Wildman–Crippen LogP) is 0.839. The highest BCUT2D eigenvalue weighted by atomic mass is 16.2. The zero-order valence-corrected chi connectivity index (χ0v) is 10.3. The molecule has 2 heterocycles. The van der Waals surface area contributed by atoms with Gasteiger partial charge in [0, 0.05) is 6.42 Å². The molecule has 0 spiro atoms.